The zero-order chi connectivity index (χ0) is 10.5. The minimum Gasteiger partial charge on any atom is -0.434 e. The highest BCUT2D eigenvalue weighted by Crippen LogP contribution is 2.13. The molecule has 0 aliphatic heterocycles. The Hall–Kier alpha value is -1.53. The number of hydrogen-bond donors (Lipinski definition) is 1. The third-order valence-corrected chi connectivity index (χ3v) is 0.866. The summed E-state index contributed by atoms with van der Waals surface area (Å²) in [6.45, 7) is 2.16. The Bertz CT molecular complexity index is 224. The molecule has 0 heterocycles. The summed E-state index contributed by atoms with van der Waals surface area (Å²) in [5.41, 5.74) is 0. The van der Waals surface area contributed by atoms with Crippen molar-refractivity contribution in [3.05, 3.63) is 12.8 Å². The molecule has 0 bridgehead atoms. The van der Waals surface area contributed by atoms with Gasteiger partial charge in [0.05, 0.1) is 6.26 Å². The molecule has 0 aromatic heterocycles. The number of carbonyl (C=O) groups is 2. The quantitative estimate of drug-likeness (QED) is 0.524. The summed E-state index contributed by atoms with van der Waals surface area (Å²) in [5.74, 6) is -3.21. The first-order valence-electron chi connectivity index (χ1n) is 3.03. The lowest BCUT2D eigenvalue weighted by Crippen LogP contribution is -2.39. The SMILES string of the molecule is C=COC(=O)CNC(=O)C(F)(F)F. The van der Waals surface area contributed by atoms with E-state index in [0.29, 0.717) is 0 Å². The van der Waals surface area contributed by atoms with Gasteiger partial charge in [0.25, 0.3) is 0 Å². The molecule has 0 unspecified atom stereocenters. The first-order valence-corrected chi connectivity index (χ1v) is 3.03. The van der Waals surface area contributed by atoms with Gasteiger partial charge in [0, 0.05) is 0 Å². The molecule has 0 aliphatic rings. The molecule has 0 saturated heterocycles. The molecule has 4 nitrogen and oxygen atoms in total. The van der Waals surface area contributed by atoms with E-state index < -0.39 is 24.6 Å². The van der Waals surface area contributed by atoms with E-state index in [9.17, 15) is 22.8 Å². The number of ether oxygens (including phenoxy) is 1. The monoisotopic (exact) mass is 197 g/mol. The zero-order valence-corrected chi connectivity index (χ0v) is 6.35. The topological polar surface area (TPSA) is 55.4 Å². The lowest BCUT2D eigenvalue weighted by Gasteiger charge is -2.05. The molecule has 0 aromatic rings. The summed E-state index contributed by atoms with van der Waals surface area (Å²) in [6.07, 6.45) is -4.24. The van der Waals surface area contributed by atoms with Crippen LogP contribution in [0.4, 0.5) is 13.2 Å². The second-order valence-electron chi connectivity index (χ2n) is 1.84. The summed E-state index contributed by atoms with van der Waals surface area (Å²) in [5, 5.41) is 1.32. The van der Waals surface area contributed by atoms with Gasteiger partial charge in [-0.2, -0.15) is 13.2 Å². The highest BCUT2D eigenvalue weighted by atomic mass is 19.4. The fourth-order valence-corrected chi connectivity index (χ4v) is 0.387. The van der Waals surface area contributed by atoms with Gasteiger partial charge in [0.2, 0.25) is 0 Å². The molecule has 0 saturated carbocycles. The van der Waals surface area contributed by atoms with Crippen molar-refractivity contribution in [3.63, 3.8) is 0 Å². The predicted molar refractivity (Wildman–Crippen MR) is 35.4 cm³/mol. The predicted octanol–water partition coefficient (Wildman–Crippen LogP) is 0.352. The first-order chi connectivity index (χ1) is 5.88. The lowest BCUT2D eigenvalue weighted by atomic mass is 10.5. The van der Waals surface area contributed by atoms with Crippen molar-refractivity contribution in [1.29, 1.82) is 0 Å². The molecule has 0 radical (unpaired) electrons. The Kier molecular flexibility index (Phi) is 3.96. The molecule has 0 fully saturated rings. The Balaban J connectivity index is 3.84. The van der Waals surface area contributed by atoms with Gasteiger partial charge in [-0.25, -0.2) is 4.79 Å². The van der Waals surface area contributed by atoms with E-state index in [1.807, 2.05) is 0 Å². The Morgan fingerprint density at radius 1 is 1.46 bits per heavy atom. The molecule has 13 heavy (non-hydrogen) atoms. The number of esters is 1. The molecular formula is C6H6F3NO3. The van der Waals surface area contributed by atoms with E-state index in [-0.39, 0.29) is 0 Å². The number of rotatable bonds is 3. The van der Waals surface area contributed by atoms with Gasteiger partial charge in [-0.15, -0.1) is 0 Å². The highest BCUT2D eigenvalue weighted by Gasteiger charge is 2.38. The third kappa shape index (κ3) is 4.83. The van der Waals surface area contributed by atoms with Crippen molar-refractivity contribution in [2.45, 2.75) is 6.18 Å². The Labute approximate surface area is 71.4 Å². The van der Waals surface area contributed by atoms with Crippen molar-refractivity contribution in [3.8, 4) is 0 Å². The molecule has 0 atom stereocenters. The standard InChI is InChI=1S/C6H6F3NO3/c1-2-13-4(11)3-10-5(12)6(7,8)9/h2H,1,3H2,(H,10,12). The van der Waals surface area contributed by atoms with E-state index in [0.717, 1.165) is 6.26 Å². The first kappa shape index (κ1) is 11.5. The van der Waals surface area contributed by atoms with Gasteiger partial charge >= 0.3 is 18.1 Å². The van der Waals surface area contributed by atoms with Crippen LogP contribution in [0.2, 0.25) is 0 Å². The van der Waals surface area contributed by atoms with Gasteiger partial charge in [-0.1, -0.05) is 6.58 Å². The number of halogens is 3. The van der Waals surface area contributed by atoms with Crippen LogP contribution in [0.5, 0.6) is 0 Å². The summed E-state index contributed by atoms with van der Waals surface area (Å²) in [4.78, 5) is 20.5. The number of amides is 1. The minimum absolute atomic E-state index is 0.752. The number of hydrogen-bond acceptors (Lipinski definition) is 3. The van der Waals surface area contributed by atoms with Gasteiger partial charge in [-0.3, -0.25) is 4.79 Å². The minimum atomic E-state index is -4.99. The maximum atomic E-state index is 11.5. The molecule has 1 N–H and O–H groups in total. The van der Waals surface area contributed by atoms with Crippen LogP contribution in [0.15, 0.2) is 12.8 Å². The third-order valence-electron chi connectivity index (χ3n) is 0.866. The van der Waals surface area contributed by atoms with Crippen LogP contribution in [0.25, 0.3) is 0 Å². The molecule has 0 rings (SSSR count). The van der Waals surface area contributed by atoms with Gasteiger partial charge < -0.3 is 10.1 Å². The smallest absolute Gasteiger partial charge is 0.434 e. The molecule has 0 aromatic carbocycles. The fourth-order valence-electron chi connectivity index (χ4n) is 0.387. The van der Waals surface area contributed by atoms with E-state index in [4.69, 9.17) is 0 Å². The van der Waals surface area contributed by atoms with Crippen molar-refractivity contribution < 1.29 is 27.5 Å². The average Bonchev–Trinajstić information content (AvgIpc) is 1.99. The molecule has 7 heteroatoms. The number of nitrogens with one attached hydrogen (secondary N) is 1. The van der Waals surface area contributed by atoms with Crippen LogP contribution in [0, 0.1) is 0 Å². The van der Waals surface area contributed by atoms with Crippen LogP contribution in [-0.2, 0) is 14.3 Å². The number of carbonyl (C=O) groups excluding carboxylic acids is 2. The van der Waals surface area contributed by atoms with Crippen LogP contribution in [-0.4, -0.2) is 24.6 Å². The maximum Gasteiger partial charge on any atom is 0.471 e. The summed E-state index contributed by atoms with van der Waals surface area (Å²) in [7, 11) is 0. The van der Waals surface area contributed by atoms with Crippen molar-refractivity contribution in [1.82, 2.24) is 5.32 Å². The van der Waals surface area contributed by atoms with E-state index >= 15 is 0 Å². The second-order valence-corrected chi connectivity index (χ2v) is 1.84. The lowest BCUT2D eigenvalue weighted by molar-refractivity contribution is -0.174. The van der Waals surface area contributed by atoms with Crippen LogP contribution < -0.4 is 5.32 Å². The molecular weight excluding hydrogens is 191 g/mol. The van der Waals surface area contributed by atoms with Crippen molar-refractivity contribution in [2.24, 2.45) is 0 Å². The normalized spacial score (nSPS) is 10.4. The van der Waals surface area contributed by atoms with E-state index in [2.05, 4.69) is 11.3 Å². The summed E-state index contributed by atoms with van der Waals surface area (Å²) < 4.78 is 38.6. The summed E-state index contributed by atoms with van der Waals surface area (Å²) >= 11 is 0. The van der Waals surface area contributed by atoms with Crippen LogP contribution in [0.1, 0.15) is 0 Å². The van der Waals surface area contributed by atoms with Crippen molar-refractivity contribution >= 4 is 11.9 Å². The maximum absolute atomic E-state index is 11.5. The molecule has 0 aliphatic carbocycles. The van der Waals surface area contributed by atoms with Gasteiger partial charge in [-0.05, 0) is 0 Å². The summed E-state index contributed by atoms with van der Waals surface area (Å²) in [6, 6.07) is 0. The Morgan fingerprint density at radius 2 is 2.00 bits per heavy atom. The van der Waals surface area contributed by atoms with E-state index in [1.54, 1.807) is 0 Å². The van der Waals surface area contributed by atoms with Gasteiger partial charge in [0.15, 0.2) is 0 Å². The highest BCUT2D eigenvalue weighted by molar-refractivity contribution is 5.85. The van der Waals surface area contributed by atoms with Crippen LogP contribution >= 0.6 is 0 Å². The Morgan fingerprint density at radius 3 is 2.38 bits per heavy atom. The fraction of sp³-hybridized carbons (Fsp3) is 0.333. The van der Waals surface area contributed by atoms with E-state index in [1.165, 1.54) is 5.32 Å². The zero-order valence-electron chi connectivity index (χ0n) is 6.35. The molecule has 74 valence electrons. The number of alkyl halides is 3. The molecule has 0 spiro atoms. The second kappa shape index (κ2) is 4.48. The average molecular weight is 197 g/mol. The van der Waals surface area contributed by atoms with Crippen molar-refractivity contribution in [2.75, 3.05) is 6.54 Å². The largest absolute Gasteiger partial charge is 0.471 e. The van der Waals surface area contributed by atoms with Gasteiger partial charge in [0.1, 0.15) is 6.54 Å². The molecule has 1 amide bonds. The van der Waals surface area contributed by atoms with Crippen LogP contribution in [0.3, 0.4) is 0 Å².